The lowest BCUT2D eigenvalue weighted by atomic mass is 10.1. The number of nitrogens with zero attached hydrogens (tertiary/aromatic N) is 3. The van der Waals surface area contributed by atoms with Crippen molar-refractivity contribution in [2.75, 3.05) is 0 Å². The largest absolute Gasteiger partial charge is 0.328 e. The quantitative estimate of drug-likeness (QED) is 0.591. The van der Waals surface area contributed by atoms with Gasteiger partial charge in [-0.2, -0.15) is 5.10 Å². The second kappa shape index (κ2) is 4.61. The van der Waals surface area contributed by atoms with E-state index < -0.39 is 4.92 Å². The standard InChI is InChI=1S/C9H14ClN3O2/c1-6(2)4-5-12-9(10)8(13(14)15)7(3)11-12/h6H,4-5H2,1-3H3. The molecule has 0 aliphatic heterocycles. The summed E-state index contributed by atoms with van der Waals surface area (Å²) >= 11 is 5.87. The van der Waals surface area contributed by atoms with Crippen LogP contribution in [0, 0.1) is 23.0 Å². The highest BCUT2D eigenvalue weighted by molar-refractivity contribution is 6.31. The van der Waals surface area contributed by atoms with Gasteiger partial charge in [0.1, 0.15) is 5.69 Å². The molecular formula is C9H14ClN3O2. The summed E-state index contributed by atoms with van der Waals surface area (Å²) in [6, 6.07) is 0. The highest BCUT2D eigenvalue weighted by atomic mass is 35.5. The Morgan fingerprint density at radius 2 is 2.20 bits per heavy atom. The maximum atomic E-state index is 10.7. The summed E-state index contributed by atoms with van der Waals surface area (Å²) in [4.78, 5) is 10.2. The molecule has 0 N–H and O–H groups in total. The Labute approximate surface area is 93.2 Å². The second-order valence-corrected chi connectivity index (χ2v) is 4.25. The van der Waals surface area contributed by atoms with E-state index in [1.54, 1.807) is 6.92 Å². The first-order chi connectivity index (χ1) is 6.93. The van der Waals surface area contributed by atoms with Gasteiger partial charge in [0.2, 0.25) is 5.15 Å². The molecule has 0 saturated heterocycles. The molecule has 0 radical (unpaired) electrons. The maximum absolute atomic E-state index is 10.7. The van der Waals surface area contributed by atoms with Crippen LogP contribution in [0.25, 0.3) is 0 Å². The van der Waals surface area contributed by atoms with Gasteiger partial charge in [-0.05, 0) is 19.3 Å². The molecule has 0 aliphatic rings. The smallest absolute Gasteiger partial charge is 0.258 e. The Bertz CT molecular complexity index is 374. The molecule has 1 aromatic heterocycles. The molecule has 0 fully saturated rings. The van der Waals surface area contributed by atoms with Crippen molar-refractivity contribution in [1.29, 1.82) is 0 Å². The first kappa shape index (κ1) is 12.0. The molecule has 1 rings (SSSR count). The highest BCUT2D eigenvalue weighted by Gasteiger charge is 2.23. The third kappa shape index (κ3) is 2.68. The summed E-state index contributed by atoms with van der Waals surface area (Å²) in [7, 11) is 0. The number of halogens is 1. The Kier molecular flexibility index (Phi) is 3.68. The van der Waals surface area contributed by atoms with E-state index >= 15 is 0 Å². The van der Waals surface area contributed by atoms with Crippen LogP contribution in [-0.2, 0) is 6.54 Å². The molecule has 0 aromatic carbocycles. The van der Waals surface area contributed by atoms with Crippen LogP contribution < -0.4 is 0 Å². The van der Waals surface area contributed by atoms with Gasteiger partial charge in [-0.1, -0.05) is 25.4 Å². The number of hydrogen-bond acceptors (Lipinski definition) is 3. The van der Waals surface area contributed by atoms with Gasteiger partial charge in [0.15, 0.2) is 0 Å². The lowest BCUT2D eigenvalue weighted by Gasteiger charge is -2.04. The number of nitro groups is 1. The van der Waals surface area contributed by atoms with Crippen molar-refractivity contribution in [3.05, 3.63) is 21.0 Å². The summed E-state index contributed by atoms with van der Waals surface area (Å²) in [5.74, 6) is 0.518. The lowest BCUT2D eigenvalue weighted by Crippen LogP contribution is -2.03. The van der Waals surface area contributed by atoms with Crippen LogP contribution in [0.4, 0.5) is 5.69 Å². The fraction of sp³-hybridized carbons (Fsp3) is 0.667. The highest BCUT2D eigenvalue weighted by Crippen LogP contribution is 2.27. The van der Waals surface area contributed by atoms with Crippen molar-refractivity contribution < 1.29 is 4.92 Å². The molecule has 15 heavy (non-hydrogen) atoms. The molecule has 5 nitrogen and oxygen atoms in total. The molecule has 0 spiro atoms. The number of aryl methyl sites for hydroxylation is 2. The molecule has 1 heterocycles. The average Bonchev–Trinajstić information content (AvgIpc) is 2.37. The topological polar surface area (TPSA) is 61.0 Å². The number of hydrogen-bond donors (Lipinski definition) is 0. The molecule has 0 aliphatic carbocycles. The summed E-state index contributed by atoms with van der Waals surface area (Å²) in [6.07, 6.45) is 0.901. The van der Waals surface area contributed by atoms with Crippen LogP contribution in [0.1, 0.15) is 26.0 Å². The molecule has 1 aromatic rings. The molecule has 0 amide bonds. The SMILES string of the molecule is Cc1nn(CCC(C)C)c(Cl)c1[N+](=O)[O-]. The van der Waals surface area contributed by atoms with Gasteiger partial charge < -0.3 is 0 Å². The van der Waals surface area contributed by atoms with E-state index in [1.165, 1.54) is 4.68 Å². The van der Waals surface area contributed by atoms with Gasteiger partial charge in [0, 0.05) is 6.54 Å². The maximum Gasteiger partial charge on any atom is 0.328 e. The fourth-order valence-corrected chi connectivity index (χ4v) is 1.61. The zero-order valence-electron chi connectivity index (χ0n) is 9.03. The summed E-state index contributed by atoms with van der Waals surface area (Å²) in [6.45, 7) is 6.37. The summed E-state index contributed by atoms with van der Waals surface area (Å²) in [5, 5.41) is 14.8. The Morgan fingerprint density at radius 3 is 2.60 bits per heavy atom. The van der Waals surface area contributed by atoms with Gasteiger partial charge in [0.25, 0.3) is 0 Å². The van der Waals surface area contributed by atoms with Crippen molar-refractivity contribution in [1.82, 2.24) is 9.78 Å². The van der Waals surface area contributed by atoms with E-state index in [4.69, 9.17) is 11.6 Å². The fourth-order valence-electron chi connectivity index (χ4n) is 1.28. The van der Waals surface area contributed by atoms with Crippen LogP contribution in [-0.4, -0.2) is 14.7 Å². The molecule has 84 valence electrons. The Hall–Kier alpha value is -1.10. The first-order valence-electron chi connectivity index (χ1n) is 4.80. The predicted octanol–water partition coefficient (Wildman–Crippen LogP) is 2.80. The van der Waals surface area contributed by atoms with E-state index in [9.17, 15) is 10.1 Å². The minimum absolute atomic E-state index is 0.0829. The summed E-state index contributed by atoms with van der Waals surface area (Å²) in [5.41, 5.74) is 0.286. The van der Waals surface area contributed by atoms with Gasteiger partial charge in [-0.15, -0.1) is 0 Å². The van der Waals surface area contributed by atoms with Crippen molar-refractivity contribution in [3.63, 3.8) is 0 Å². The van der Waals surface area contributed by atoms with Gasteiger partial charge in [-0.3, -0.25) is 10.1 Å². The van der Waals surface area contributed by atoms with Crippen molar-refractivity contribution in [2.45, 2.75) is 33.7 Å². The molecule has 0 unspecified atom stereocenters. The first-order valence-corrected chi connectivity index (χ1v) is 5.18. The lowest BCUT2D eigenvalue weighted by molar-refractivity contribution is -0.385. The number of rotatable bonds is 4. The Morgan fingerprint density at radius 1 is 1.60 bits per heavy atom. The minimum Gasteiger partial charge on any atom is -0.258 e. The minimum atomic E-state index is -0.490. The molecule has 0 atom stereocenters. The van der Waals surface area contributed by atoms with Crippen molar-refractivity contribution >= 4 is 17.3 Å². The zero-order valence-corrected chi connectivity index (χ0v) is 9.78. The van der Waals surface area contributed by atoms with E-state index in [-0.39, 0.29) is 10.8 Å². The van der Waals surface area contributed by atoms with Crippen LogP contribution in [0.3, 0.4) is 0 Å². The number of aromatic nitrogens is 2. The summed E-state index contributed by atoms with van der Waals surface area (Å²) < 4.78 is 1.50. The van der Waals surface area contributed by atoms with Gasteiger partial charge in [0.05, 0.1) is 4.92 Å². The second-order valence-electron chi connectivity index (χ2n) is 3.89. The van der Waals surface area contributed by atoms with Crippen molar-refractivity contribution in [3.8, 4) is 0 Å². The van der Waals surface area contributed by atoms with E-state index in [2.05, 4.69) is 18.9 Å². The zero-order chi connectivity index (χ0) is 11.6. The molecule has 0 bridgehead atoms. The molecule has 6 heteroatoms. The van der Waals surface area contributed by atoms with Gasteiger partial charge >= 0.3 is 5.69 Å². The van der Waals surface area contributed by atoms with E-state index in [0.29, 0.717) is 18.2 Å². The third-order valence-corrected chi connectivity index (χ3v) is 2.51. The normalized spacial score (nSPS) is 11.0. The molecule has 0 saturated carbocycles. The van der Waals surface area contributed by atoms with E-state index in [1.807, 2.05) is 0 Å². The average molecular weight is 232 g/mol. The molecular weight excluding hydrogens is 218 g/mol. The van der Waals surface area contributed by atoms with Crippen LogP contribution >= 0.6 is 11.6 Å². The third-order valence-electron chi connectivity index (χ3n) is 2.14. The predicted molar refractivity (Wildman–Crippen MR) is 58.1 cm³/mol. The monoisotopic (exact) mass is 231 g/mol. The Balaban J connectivity index is 2.91. The van der Waals surface area contributed by atoms with Gasteiger partial charge in [-0.25, -0.2) is 4.68 Å². The van der Waals surface area contributed by atoms with Crippen LogP contribution in [0.5, 0.6) is 0 Å². The van der Waals surface area contributed by atoms with Crippen LogP contribution in [0.15, 0.2) is 0 Å². The van der Waals surface area contributed by atoms with Crippen molar-refractivity contribution in [2.24, 2.45) is 5.92 Å². The van der Waals surface area contributed by atoms with E-state index in [0.717, 1.165) is 6.42 Å². The van der Waals surface area contributed by atoms with Crippen LogP contribution in [0.2, 0.25) is 5.15 Å².